The van der Waals surface area contributed by atoms with Crippen LogP contribution in [0.2, 0.25) is 0 Å². The fourth-order valence-corrected chi connectivity index (χ4v) is 2.36. The van der Waals surface area contributed by atoms with Crippen LogP contribution in [0.1, 0.15) is 45.4 Å². The van der Waals surface area contributed by atoms with E-state index in [1.165, 1.54) is 0 Å². The van der Waals surface area contributed by atoms with E-state index < -0.39 is 12.1 Å². The van der Waals surface area contributed by atoms with Crippen molar-refractivity contribution in [1.29, 1.82) is 0 Å². The van der Waals surface area contributed by atoms with Gasteiger partial charge < -0.3 is 11.1 Å². The molecule has 3 N–H and O–H groups in total. The Balaban J connectivity index is 2.24. The smallest absolute Gasteiger partial charge is 0.353 e. The van der Waals surface area contributed by atoms with Crippen LogP contribution in [0.15, 0.2) is 0 Å². The van der Waals surface area contributed by atoms with Gasteiger partial charge in [0.25, 0.3) is 0 Å². The maximum absolute atomic E-state index is 12.5. The zero-order valence-electron chi connectivity index (χ0n) is 11.3. The second-order valence-corrected chi connectivity index (χ2v) is 5.54. The molecule has 0 aromatic carbocycles. The molecule has 1 aliphatic carbocycles. The molecule has 3 nitrogen and oxygen atoms in total. The van der Waals surface area contributed by atoms with E-state index >= 15 is 0 Å². The van der Waals surface area contributed by atoms with Gasteiger partial charge in [-0.05, 0) is 44.6 Å². The number of hydrogen-bond acceptors (Lipinski definition) is 2. The van der Waals surface area contributed by atoms with Gasteiger partial charge >= 0.3 is 6.18 Å². The van der Waals surface area contributed by atoms with Gasteiger partial charge in [0, 0.05) is 12.5 Å². The number of amides is 1. The number of carbonyl (C=O) groups is 1. The van der Waals surface area contributed by atoms with Gasteiger partial charge in [0.1, 0.15) is 0 Å². The Kier molecular flexibility index (Phi) is 6.10. The quantitative estimate of drug-likeness (QED) is 0.813. The molecule has 1 amide bonds. The molecule has 1 saturated carbocycles. The van der Waals surface area contributed by atoms with Crippen molar-refractivity contribution in [2.75, 3.05) is 6.54 Å². The summed E-state index contributed by atoms with van der Waals surface area (Å²) in [7, 11) is 0. The number of rotatable bonds is 5. The van der Waals surface area contributed by atoms with Gasteiger partial charge in [-0.2, -0.15) is 13.2 Å². The third kappa shape index (κ3) is 5.80. The van der Waals surface area contributed by atoms with Gasteiger partial charge in [-0.25, -0.2) is 0 Å². The summed E-state index contributed by atoms with van der Waals surface area (Å²) in [5, 5.41) is 2.82. The summed E-state index contributed by atoms with van der Waals surface area (Å²) < 4.78 is 37.4. The van der Waals surface area contributed by atoms with Crippen LogP contribution in [0, 0.1) is 11.8 Å². The first-order valence-electron chi connectivity index (χ1n) is 6.89. The number of carbonyl (C=O) groups excluding carboxylic acids is 1. The molecule has 0 bridgehead atoms. The largest absolute Gasteiger partial charge is 0.391 e. The second-order valence-electron chi connectivity index (χ2n) is 5.54. The van der Waals surface area contributed by atoms with E-state index in [-0.39, 0.29) is 24.8 Å². The maximum Gasteiger partial charge on any atom is 0.391 e. The Bertz CT molecular complexity index is 286. The Hall–Kier alpha value is -0.780. The molecule has 6 heteroatoms. The summed E-state index contributed by atoms with van der Waals surface area (Å²) in [5.41, 5.74) is 5.46. The normalized spacial score (nSPS) is 25.9. The van der Waals surface area contributed by atoms with Crippen LogP contribution in [0.5, 0.6) is 0 Å². The number of nitrogens with one attached hydrogen (secondary N) is 1. The lowest BCUT2D eigenvalue weighted by Crippen LogP contribution is -2.40. The van der Waals surface area contributed by atoms with Crippen molar-refractivity contribution in [3.8, 4) is 0 Å². The van der Waals surface area contributed by atoms with Gasteiger partial charge in [0.2, 0.25) is 5.91 Å². The van der Waals surface area contributed by atoms with Gasteiger partial charge in [0.15, 0.2) is 0 Å². The van der Waals surface area contributed by atoms with Crippen molar-refractivity contribution in [1.82, 2.24) is 5.32 Å². The van der Waals surface area contributed by atoms with Crippen LogP contribution < -0.4 is 11.1 Å². The molecule has 0 spiro atoms. The van der Waals surface area contributed by atoms with Crippen LogP contribution in [0.25, 0.3) is 0 Å². The van der Waals surface area contributed by atoms with Crippen molar-refractivity contribution in [2.45, 2.75) is 57.7 Å². The van der Waals surface area contributed by atoms with Crippen LogP contribution >= 0.6 is 0 Å². The van der Waals surface area contributed by atoms with E-state index in [9.17, 15) is 18.0 Å². The molecule has 1 unspecified atom stereocenters. The van der Waals surface area contributed by atoms with Gasteiger partial charge in [-0.15, -0.1) is 0 Å². The van der Waals surface area contributed by atoms with Crippen molar-refractivity contribution in [3.05, 3.63) is 0 Å². The highest BCUT2D eigenvalue weighted by atomic mass is 19.4. The topological polar surface area (TPSA) is 55.1 Å². The van der Waals surface area contributed by atoms with E-state index in [1.54, 1.807) is 0 Å². The van der Waals surface area contributed by atoms with Gasteiger partial charge in [0.05, 0.1) is 5.92 Å². The molecule has 1 rings (SSSR count). The lowest BCUT2D eigenvalue weighted by molar-refractivity contribution is -0.182. The Morgan fingerprint density at radius 3 is 2.37 bits per heavy atom. The highest BCUT2D eigenvalue weighted by molar-refractivity contribution is 5.76. The van der Waals surface area contributed by atoms with Crippen LogP contribution in [-0.4, -0.2) is 24.7 Å². The summed E-state index contributed by atoms with van der Waals surface area (Å²) in [6.45, 7) is 2.52. The van der Waals surface area contributed by atoms with Gasteiger partial charge in [-0.1, -0.05) is 6.92 Å². The molecule has 0 aromatic rings. The molecule has 1 atom stereocenters. The zero-order chi connectivity index (χ0) is 14.5. The van der Waals surface area contributed by atoms with Crippen molar-refractivity contribution < 1.29 is 18.0 Å². The first-order chi connectivity index (χ1) is 8.82. The summed E-state index contributed by atoms with van der Waals surface area (Å²) in [6.07, 6.45) is -1.89. The Morgan fingerprint density at radius 2 is 1.89 bits per heavy atom. The zero-order valence-corrected chi connectivity index (χ0v) is 11.3. The minimum absolute atomic E-state index is 0.0734. The number of halogens is 3. The molecule has 0 saturated heterocycles. The molecular formula is C13H23F3N2O. The summed E-state index contributed by atoms with van der Waals surface area (Å²) in [5.74, 6) is -0.972. The molecule has 1 fully saturated rings. The predicted octanol–water partition coefficient (Wildman–Crippen LogP) is 2.60. The minimum atomic E-state index is -4.09. The van der Waals surface area contributed by atoms with Gasteiger partial charge in [-0.3, -0.25) is 4.79 Å². The Labute approximate surface area is 112 Å². The van der Waals surface area contributed by atoms with E-state index in [1.807, 2.05) is 6.92 Å². The molecule has 0 heterocycles. The van der Waals surface area contributed by atoms with Crippen LogP contribution in [0.4, 0.5) is 13.2 Å². The predicted molar refractivity (Wildman–Crippen MR) is 67.4 cm³/mol. The second kappa shape index (κ2) is 7.12. The molecule has 0 aromatic heterocycles. The standard InChI is InChI=1S/C13H23F3N2O/c1-9(8-17)2-7-12(19)18-11-5-3-10(4-6-11)13(14,15)16/h9-11H,2-8,17H2,1H3,(H,18,19). The molecular weight excluding hydrogens is 257 g/mol. The fraction of sp³-hybridized carbons (Fsp3) is 0.923. The van der Waals surface area contributed by atoms with Crippen molar-refractivity contribution in [2.24, 2.45) is 17.6 Å². The number of nitrogens with two attached hydrogens (primary N) is 1. The lowest BCUT2D eigenvalue weighted by Gasteiger charge is -2.30. The molecule has 1 aliphatic rings. The van der Waals surface area contributed by atoms with Crippen molar-refractivity contribution in [3.63, 3.8) is 0 Å². The fourth-order valence-electron chi connectivity index (χ4n) is 2.36. The van der Waals surface area contributed by atoms with E-state index in [0.717, 1.165) is 6.42 Å². The SMILES string of the molecule is CC(CN)CCC(=O)NC1CCC(C(F)(F)F)CC1. The average molecular weight is 280 g/mol. The first-order valence-corrected chi connectivity index (χ1v) is 6.89. The summed E-state index contributed by atoms with van der Waals surface area (Å²) in [4.78, 5) is 11.6. The monoisotopic (exact) mass is 280 g/mol. The molecule has 112 valence electrons. The first kappa shape index (κ1) is 16.3. The molecule has 0 aliphatic heterocycles. The Morgan fingerprint density at radius 1 is 1.32 bits per heavy atom. The summed E-state index contributed by atoms with van der Waals surface area (Å²) >= 11 is 0. The third-order valence-electron chi connectivity index (χ3n) is 3.82. The van der Waals surface area contributed by atoms with E-state index in [4.69, 9.17) is 5.73 Å². The molecule has 0 radical (unpaired) electrons. The van der Waals surface area contributed by atoms with E-state index in [2.05, 4.69) is 5.32 Å². The van der Waals surface area contributed by atoms with Crippen molar-refractivity contribution >= 4 is 5.91 Å². The lowest BCUT2D eigenvalue weighted by atomic mass is 9.85. The van der Waals surface area contributed by atoms with Crippen LogP contribution in [-0.2, 0) is 4.79 Å². The third-order valence-corrected chi connectivity index (χ3v) is 3.82. The number of alkyl halides is 3. The highest BCUT2D eigenvalue weighted by Crippen LogP contribution is 2.37. The van der Waals surface area contributed by atoms with Crippen LogP contribution in [0.3, 0.4) is 0 Å². The molecule has 19 heavy (non-hydrogen) atoms. The highest BCUT2D eigenvalue weighted by Gasteiger charge is 2.41. The van der Waals surface area contributed by atoms with E-state index in [0.29, 0.717) is 31.7 Å². The average Bonchev–Trinajstić information content (AvgIpc) is 2.35. The minimum Gasteiger partial charge on any atom is -0.353 e. The number of hydrogen-bond donors (Lipinski definition) is 2. The maximum atomic E-state index is 12.5. The summed E-state index contributed by atoms with van der Waals surface area (Å²) in [6, 6.07) is -0.0979.